The quantitative estimate of drug-likeness (QED) is 0.862. The molecule has 4 N–H and O–H groups in total. The molecule has 0 fully saturated rings. The van der Waals surface area contributed by atoms with Crippen molar-refractivity contribution in [2.75, 3.05) is 11.5 Å². The minimum atomic E-state index is 0.158. The minimum Gasteiger partial charge on any atom is -0.383 e. The molecule has 0 amide bonds. The normalized spacial score (nSPS) is 10.9. The van der Waals surface area contributed by atoms with Gasteiger partial charge in [-0.25, -0.2) is 0 Å². The molecule has 0 saturated carbocycles. The minimum absolute atomic E-state index is 0.158. The second-order valence-corrected chi connectivity index (χ2v) is 3.74. The molecule has 0 unspecified atom stereocenters. The number of nitrogens with zero attached hydrogens (tertiary/aromatic N) is 3. The van der Waals surface area contributed by atoms with Crippen molar-refractivity contribution in [2.24, 2.45) is 0 Å². The van der Waals surface area contributed by atoms with Gasteiger partial charge >= 0.3 is 0 Å². The van der Waals surface area contributed by atoms with E-state index < -0.39 is 0 Å². The monoisotopic (exact) mass is 241 g/mol. The van der Waals surface area contributed by atoms with Crippen molar-refractivity contribution in [2.45, 2.75) is 6.92 Å². The van der Waals surface area contributed by atoms with Gasteiger partial charge in [0.2, 0.25) is 5.95 Å². The standard InChI is InChI=1S/C13H15N5/c1-3-5-10-9(4-2)6-7-18(10)12-8-11(14)16-13(15)17-12/h3-8H,2H2,1H3,(H4,14,15,16,17)/b5-3-. The van der Waals surface area contributed by atoms with Crippen molar-refractivity contribution in [3.63, 3.8) is 0 Å². The Morgan fingerprint density at radius 2 is 2.11 bits per heavy atom. The molecule has 2 aromatic rings. The van der Waals surface area contributed by atoms with Crippen LogP contribution in [0, 0.1) is 0 Å². The summed E-state index contributed by atoms with van der Waals surface area (Å²) in [5, 5.41) is 0. The predicted molar refractivity (Wildman–Crippen MR) is 75.0 cm³/mol. The molecule has 92 valence electrons. The molecular formula is C13H15N5. The molecular weight excluding hydrogens is 226 g/mol. The van der Waals surface area contributed by atoms with Crippen LogP contribution in [0.1, 0.15) is 18.2 Å². The van der Waals surface area contributed by atoms with Crippen molar-refractivity contribution in [1.82, 2.24) is 14.5 Å². The third-order valence-electron chi connectivity index (χ3n) is 2.50. The van der Waals surface area contributed by atoms with Gasteiger partial charge in [0.25, 0.3) is 0 Å². The average Bonchev–Trinajstić information content (AvgIpc) is 2.71. The molecule has 5 nitrogen and oxygen atoms in total. The van der Waals surface area contributed by atoms with Crippen LogP contribution in [0.4, 0.5) is 11.8 Å². The molecule has 0 saturated heterocycles. The molecule has 18 heavy (non-hydrogen) atoms. The molecule has 2 heterocycles. The molecule has 2 aromatic heterocycles. The highest BCUT2D eigenvalue weighted by Crippen LogP contribution is 2.20. The Hall–Kier alpha value is -2.56. The van der Waals surface area contributed by atoms with Crippen LogP contribution >= 0.6 is 0 Å². The summed E-state index contributed by atoms with van der Waals surface area (Å²) >= 11 is 0. The molecule has 0 spiro atoms. The van der Waals surface area contributed by atoms with E-state index in [4.69, 9.17) is 11.5 Å². The largest absolute Gasteiger partial charge is 0.383 e. The van der Waals surface area contributed by atoms with Crippen molar-refractivity contribution in [1.29, 1.82) is 0 Å². The van der Waals surface area contributed by atoms with Gasteiger partial charge in [-0.15, -0.1) is 0 Å². The van der Waals surface area contributed by atoms with Gasteiger partial charge in [-0.3, -0.25) is 0 Å². The van der Waals surface area contributed by atoms with Crippen molar-refractivity contribution < 1.29 is 0 Å². The number of aromatic nitrogens is 3. The van der Waals surface area contributed by atoms with Crippen LogP contribution in [-0.4, -0.2) is 14.5 Å². The topological polar surface area (TPSA) is 82.8 Å². The fraction of sp³-hybridized carbons (Fsp3) is 0.0769. The first-order valence-electron chi connectivity index (χ1n) is 5.52. The van der Waals surface area contributed by atoms with Gasteiger partial charge in [0.1, 0.15) is 11.6 Å². The van der Waals surface area contributed by atoms with Gasteiger partial charge in [-0.2, -0.15) is 9.97 Å². The number of rotatable bonds is 3. The van der Waals surface area contributed by atoms with Crippen LogP contribution in [0.5, 0.6) is 0 Å². The molecule has 0 aliphatic carbocycles. The van der Waals surface area contributed by atoms with Crippen LogP contribution in [0.3, 0.4) is 0 Å². The second kappa shape index (κ2) is 4.75. The highest BCUT2D eigenvalue weighted by Gasteiger charge is 2.08. The summed E-state index contributed by atoms with van der Waals surface area (Å²) < 4.78 is 1.89. The van der Waals surface area contributed by atoms with Crippen LogP contribution in [0.15, 0.2) is 31.0 Å². The molecule has 2 rings (SSSR count). The molecule has 0 atom stereocenters. The number of nitrogen functional groups attached to an aromatic ring is 2. The van der Waals surface area contributed by atoms with Crippen LogP contribution < -0.4 is 11.5 Å². The highest BCUT2D eigenvalue weighted by molar-refractivity contribution is 5.64. The predicted octanol–water partition coefficient (Wildman–Crippen LogP) is 2.11. The first-order valence-corrected chi connectivity index (χ1v) is 5.52. The summed E-state index contributed by atoms with van der Waals surface area (Å²) in [5.41, 5.74) is 13.3. The van der Waals surface area contributed by atoms with E-state index in [1.54, 1.807) is 12.1 Å². The molecule has 0 radical (unpaired) electrons. The number of hydrogen-bond donors (Lipinski definition) is 2. The third kappa shape index (κ3) is 2.10. The average molecular weight is 241 g/mol. The van der Waals surface area contributed by atoms with Gasteiger partial charge in [0.05, 0.1) is 5.69 Å². The first-order chi connectivity index (χ1) is 8.65. The summed E-state index contributed by atoms with van der Waals surface area (Å²) in [6, 6.07) is 3.63. The second-order valence-electron chi connectivity index (χ2n) is 3.74. The summed E-state index contributed by atoms with van der Waals surface area (Å²) in [6.07, 6.45) is 7.62. The number of nitrogens with two attached hydrogens (primary N) is 2. The van der Waals surface area contributed by atoms with E-state index >= 15 is 0 Å². The van der Waals surface area contributed by atoms with Crippen molar-refractivity contribution in [3.8, 4) is 5.82 Å². The van der Waals surface area contributed by atoms with E-state index in [0.717, 1.165) is 11.3 Å². The molecule has 0 bridgehead atoms. The SMILES string of the molecule is C=Cc1ccn(-c2cc(N)nc(N)n2)c1/C=C\C. The summed E-state index contributed by atoms with van der Waals surface area (Å²) in [4.78, 5) is 8.03. The third-order valence-corrected chi connectivity index (χ3v) is 2.50. The van der Waals surface area contributed by atoms with Crippen molar-refractivity contribution in [3.05, 3.63) is 42.2 Å². The lowest BCUT2D eigenvalue weighted by molar-refractivity contribution is 0.982. The number of hydrogen-bond acceptors (Lipinski definition) is 4. The number of anilines is 2. The van der Waals surface area contributed by atoms with E-state index in [9.17, 15) is 0 Å². The van der Waals surface area contributed by atoms with Crippen LogP contribution in [0.25, 0.3) is 18.0 Å². The first kappa shape index (κ1) is 11.9. The summed E-state index contributed by atoms with van der Waals surface area (Å²) in [7, 11) is 0. The van der Waals surface area contributed by atoms with Gasteiger partial charge in [-0.05, 0) is 24.6 Å². The fourth-order valence-electron chi connectivity index (χ4n) is 1.76. The van der Waals surface area contributed by atoms with Crippen molar-refractivity contribution >= 4 is 23.9 Å². The van der Waals surface area contributed by atoms with Gasteiger partial charge in [0, 0.05) is 12.3 Å². The maximum atomic E-state index is 5.68. The van der Waals surface area contributed by atoms with Gasteiger partial charge in [-0.1, -0.05) is 18.7 Å². The Morgan fingerprint density at radius 3 is 2.72 bits per heavy atom. The van der Waals surface area contributed by atoms with E-state index in [1.807, 2.05) is 35.9 Å². The number of allylic oxidation sites excluding steroid dienone is 1. The maximum absolute atomic E-state index is 5.68. The highest BCUT2D eigenvalue weighted by atomic mass is 15.1. The Labute approximate surface area is 105 Å². The van der Waals surface area contributed by atoms with E-state index in [-0.39, 0.29) is 5.95 Å². The summed E-state index contributed by atoms with van der Waals surface area (Å²) in [6.45, 7) is 5.74. The fourth-order valence-corrected chi connectivity index (χ4v) is 1.76. The zero-order chi connectivity index (χ0) is 13.1. The molecule has 0 aliphatic rings. The lowest BCUT2D eigenvalue weighted by Gasteiger charge is -2.07. The Bertz CT molecular complexity index is 590. The lowest BCUT2D eigenvalue weighted by atomic mass is 10.2. The molecule has 5 heteroatoms. The van der Waals surface area contributed by atoms with E-state index in [0.29, 0.717) is 11.6 Å². The lowest BCUT2D eigenvalue weighted by Crippen LogP contribution is -2.05. The molecule has 0 aromatic carbocycles. The van der Waals surface area contributed by atoms with Gasteiger partial charge in [0.15, 0.2) is 0 Å². The molecule has 0 aliphatic heterocycles. The van der Waals surface area contributed by atoms with E-state index in [2.05, 4.69) is 16.5 Å². The van der Waals surface area contributed by atoms with E-state index in [1.165, 1.54) is 0 Å². The maximum Gasteiger partial charge on any atom is 0.223 e. The Kier molecular flexibility index (Phi) is 3.14. The Balaban J connectivity index is 2.63. The Morgan fingerprint density at radius 1 is 1.33 bits per heavy atom. The zero-order valence-corrected chi connectivity index (χ0v) is 10.2. The van der Waals surface area contributed by atoms with Crippen LogP contribution in [0.2, 0.25) is 0 Å². The summed E-state index contributed by atoms with van der Waals surface area (Å²) in [5.74, 6) is 1.14. The smallest absolute Gasteiger partial charge is 0.223 e. The van der Waals surface area contributed by atoms with Crippen LogP contribution in [-0.2, 0) is 0 Å². The zero-order valence-electron chi connectivity index (χ0n) is 10.2. The van der Waals surface area contributed by atoms with Gasteiger partial charge < -0.3 is 16.0 Å².